The van der Waals surface area contributed by atoms with Crippen LogP contribution in [0.2, 0.25) is 0 Å². The molecule has 1 heterocycles. The summed E-state index contributed by atoms with van der Waals surface area (Å²) in [6.45, 7) is 4.55. The third-order valence-electron chi connectivity index (χ3n) is 5.02. The fourth-order valence-electron chi connectivity index (χ4n) is 3.37. The van der Waals surface area contributed by atoms with Gasteiger partial charge in [-0.05, 0) is 36.6 Å². The van der Waals surface area contributed by atoms with Gasteiger partial charge in [0, 0.05) is 19.2 Å². The zero-order valence-corrected chi connectivity index (χ0v) is 16.6. The minimum absolute atomic E-state index is 0.287. The second kappa shape index (κ2) is 7.92. The fraction of sp³-hybridized carbons (Fsp3) is 0.474. The van der Waals surface area contributed by atoms with Crippen molar-refractivity contribution in [1.82, 2.24) is 14.4 Å². The summed E-state index contributed by atoms with van der Waals surface area (Å²) in [5.41, 5.74) is 6.70. The summed E-state index contributed by atoms with van der Waals surface area (Å²) in [6.07, 6.45) is 7.43. The van der Waals surface area contributed by atoms with Gasteiger partial charge < -0.3 is 10.3 Å². The maximum absolute atomic E-state index is 12.5. The number of nitrogens with zero attached hydrogens (tertiary/aromatic N) is 3. The van der Waals surface area contributed by atoms with E-state index in [4.69, 9.17) is 10.3 Å². The Labute approximate surface area is 160 Å². The van der Waals surface area contributed by atoms with Crippen LogP contribution in [0.15, 0.2) is 33.7 Å². The van der Waals surface area contributed by atoms with E-state index >= 15 is 0 Å². The molecule has 2 N–H and O–H groups in total. The molecule has 1 aliphatic rings. The number of hydrogen-bond acceptors (Lipinski definition) is 6. The lowest BCUT2D eigenvalue weighted by atomic mass is 9.99. The van der Waals surface area contributed by atoms with E-state index in [0.29, 0.717) is 24.8 Å². The molecule has 3 rings (SSSR count). The van der Waals surface area contributed by atoms with Crippen LogP contribution in [0.1, 0.15) is 56.8 Å². The van der Waals surface area contributed by atoms with Crippen molar-refractivity contribution in [3.63, 3.8) is 0 Å². The van der Waals surface area contributed by atoms with Crippen molar-refractivity contribution >= 4 is 22.2 Å². The van der Waals surface area contributed by atoms with Gasteiger partial charge in [0.1, 0.15) is 0 Å². The summed E-state index contributed by atoms with van der Waals surface area (Å²) in [5, 5.41) is 4.02. The standard InChI is InChI=1S/C19H26N4O3S/c1-3-23(4-2)27(24,25)16-10-7-15(8-11-16)9-12-17-21-18(22-26-17)19(20)13-5-6-14-19/h7-12H,3-6,13-14,20H2,1-2H3/b12-9+. The smallest absolute Gasteiger partial charge is 0.250 e. The summed E-state index contributed by atoms with van der Waals surface area (Å²) < 4.78 is 31.7. The molecule has 0 amide bonds. The SMILES string of the molecule is CCN(CC)S(=O)(=O)c1ccc(/C=C/c2nc(C3(N)CCCC3)no2)cc1. The van der Waals surface area contributed by atoms with Gasteiger partial charge in [0.15, 0.2) is 5.82 Å². The average molecular weight is 391 g/mol. The molecule has 1 saturated carbocycles. The minimum Gasteiger partial charge on any atom is -0.335 e. The van der Waals surface area contributed by atoms with Crippen molar-refractivity contribution in [2.45, 2.75) is 50.0 Å². The first-order valence-electron chi connectivity index (χ1n) is 9.30. The van der Waals surface area contributed by atoms with E-state index in [2.05, 4.69) is 10.1 Å². The molecule has 0 unspecified atom stereocenters. The Balaban J connectivity index is 1.73. The van der Waals surface area contributed by atoms with Gasteiger partial charge in [0.05, 0.1) is 10.4 Å². The third kappa shape index (κ3) is 4.12. The Hall–Kier alpha value is -2.03. The summed E-state index contributed by atoms with van der Waals surface area (Å²) in [7, 11) is -3.44. The first-order valence-corrected chi connectivity index (χ1v) is 10.7. The number of nitrogens with two attached hydrogens (primary N) is 1. The Morgan fingerprint density at radius 2 is 1.78 bits per heavy atom. The molecule has 2 aromatic rings. The number of sulfonamides is 1. The van der Waals surface area contributed by atoms with Crippen LogP contribution in [0.5, 0.6) is 0 Å². The molecule has 1 aromatic heterocycles. The number of aromatic nitrogens is 2. The van der Waals surface area contributed by atoms with Crippen LogP contribution in [0.3, 0.4) is 0 Å². The molecule has 0 spiro atoms. The summed E-state index contributed by atoms with van der Waals surface area (Å²) in [5.74, 6) is 0.946. The first kappa shape index (κ1) is 19.7. The Morgan fingerprint density at radius 3 is 2.37 bits per heavy atom. The lowest BCUT2D eigenvalue weighted by Gasteiger charge is -2.18. The first-order chi connectivity index (χ1) is 12.9. The van der Waals surface area contributed by atoms with Crippen LogP contribution in [0.25, 0.3) is 12.2 Å². The van der Waals surface area contributed by atoms with Gasteiger partial charge in [0.25, 0.3) is 5.89 Å². The minimum atomic E-state index is -3.44. The molecule has 1 aromatic carbocycles. The van der Waals surface area contributed by atoms with Gasteiger partial charge in [-0.2, -0.15) is 9.29 Å². The molecule has 0 radical (unpaired) electrons. The monoisotopic (exact) mass is 390 g/mol. The average Bonchev–Trinajstić information content (AvgIpc) is 3.31. The van der Waals surface area contributed by atoms with E-state index in [1.54, 1.807) is 30.3 Å². The predicted molar refractivity (Wildman–Crippen MR) is 104 cm³/mol. The molecule has 8 heteroatoms. The maximum Gasteiger partial charge on any atom is 0.250 e. The molecular formula is C19H26N4O3S. The molecule has 0 bridgehead atoms. The van der Waals surface area contributed by atoms with Crippen molar-refractivity contribution in [2.75, 3.05) is 13.1 Å². The number of hydrogen-bond donors (Lipinski definition) is 1. The topological polar surface area (TPSA) is 102 Å². The van der Waals surface area contributed by atoms with E-state index in [-0.39, 0.29) is 4.90 Å². The molecule has 146 valence electrons. The van der Waals surface area contributed by atoms with Gasteiger partial charge in [-0.1, -0.05) is 44.0 Å². The number of rotatable bonds is 7. The Kier molecular flexibility index (Phi) is 5.78. The van der Waals surface area contributed by atoms with E-state index in [1.807, 2.05) is 19.9 Å². The van der Waals surface area contributed by atoms with Crippen molar-refractivity contribution in [3.05, 3.63) is 41.5 Å². The second-order valence-electron chi connectivity index (χ2n) is 6.81. The second-order valence-corrected chi connectivity index (χ2v) is 8.75. The normalized spacial score (nSPS) is 17.2. The van der Waals surface area contributed by atoms with Gasteiger partial charge in [-0.3, -0.25) is 0 Å². The van der Waals surface area contributed by atoms with Gasteiger partial charge in [-0.25, -0.2) is 8.42 Å². The largest absolute Gasteiger partial charge is 0.335 e. The van der Waals surface area contributed by atoms with Crippen LogP contribution >= 0.6 is 0 Å². The van der Waals surface area contributed by atoms with Crippen LogP contribution in [0, 0.1) is 0 Å². The van der Waals surface area contributed by atoms with E-state index < -0.39 is 15.6 Å². The quantitative estimate of drug-likeness (QED) is 0.780. The summed E-state index contributed by atoms with van der Waals surface area (Å²) >= 11 is 0. The van der Waals surface area contributed by atoms with Gasteiger partial charge in [0.2, 0.25) is 10.0 Å². The highest BCUT2D eigenvalue weighted by Crippen LogP contribution is 2.34. The van der Waals surface area contributed by atoms with E-state index in [0.717, 1.165) is 31.2 Å². The zero-order chi connectivity index (χ0) is 19.5. The predicted octanol–water partition coefficient (Wildman–Crippen LogP) is 3.00. The summed E-state index contributed by atoms with van der Waals surface area (Å²) in [6, 6.07) is 6.73. The molecule has 0 atom stereocenters. The highest BCUT2D eigenvalue weighted by molar-refractivity contribution is 7.89. The van der Waals surface area contributed by atoms with Crippen LogP contribution in [0.4, 0.5) is 0 Å². The van der Waals surface area contributed by atoms with Crippen molar-refractivity contribution in [1.29, 1.82) is 0 Å². The summed E-state index contributed by atoms with van der Waals surface area (Å²) in [4.78, 5) is 4.68. The molecule has 1 fully saturated rings. The molecule has 0 aliphatic heterocycles. The lowest BCUT2D eigenvalue weighted by molar-refractivity contribution is 0.364. The Bertz CT molecular complexity index is 893. The molecular weight excluding hydrogens is 364 g/mol. The van der Waals surface area contributed by atoms with Crippen LogP contribution in [-0.4, -0.2) is 36.0 Å². The third-order valence-corrected chi connectivity index (χ3v) is 7.09. The molecule has 0 saturated heterocycles. The Morgan fingerprint density at radius 1 is 1.15 bits per heavy atom. The number of benzene rings is 1. The van der Waals surface area contributed by atoms with Crippen molar-refractivity contribution in [3.8, 4) is 0 Å². The van der Waals surface area contributed by atoms with Gasteiger partial charge in [-0.15, -0.1) is 0 Å². The molecule has 27 heavy (non-hydrogen) atoms. The fourth-order valence-corrected chi connectivity index (χ4v) is 4.82. The highest BCUT2D eigenvalue weighted by atomic mass is 32.2. The zero-order valence-electron chi connectivity index (χ0n) is 15.8. The maximum atomic E-state index is 12.5. The highest BCUT2D eigenvalue weighted by Gasteiger charge is 2.35. The lowest BCUT2D eigenvalue weighted by Crippen LogP contribution is -2.34. The van der Waals surface area contributed by atoms with E-state index in [1.165, 1.54) is 4.31 Å². The molecule has 1 aliphatic carbocycles. The molecule has 7 nitrogen and oxygen atoms in total. The van der Waals surface area contributed by atoms with Gasteiger partial charge >= 0.3 is 0 Å². The van der Waals surface area contributed by atoms with Crippen LogP contribution < -0.4 is 5.73 Å². The van der Waals surface area contributed by atoms with E-state index in [9.17, 15) is 8.42 Å². The van der Waals surface area contributed by atoms with Crippen molar-refractivity contribution < 1.29 is 12.9 Å². The van der Waals surface area contributed by atoms with Crippen molar-refractivity contribution in [2.24, 2.45) is 5.73 Å². The van der Waals surface area contributed by atoms with Crippen LogP contribution in [-0.2, 0) is 15.6 Å².